The third kappa shape index (κ3) is 4.88. The van der Waals surface area contributed by atoms with Gasteiger partial charge in [-0.1, -0.05) is 12.1 Å². The van der Waals surface area contributed by atoms with Crippen LogP contribution >= 0.6 is 11.3 Å². The van der Waals surface area contributed by atoms with Gasteiger partial charge in [-0.05, 0) is 43.5 Å². The van der Waals surface area contributed by atoms with E-state index in [1.54, 1.807) is 0 Å². The van der Waals surface area contributed by atoms with Gasteiger partial charge < -0.3 is 10.4 Å². The van der Waals surface area contributed by atoms with Crippen molar-refractivity contribution in [3.63, 3.8) is 0 Å². The van der Waals surface area contributed by atoms with E-state index in [0.717, 1.165) is 4.88 Å². The van der Waals surface area contributed by atoms with E-state index < -0.39 is 27.4 Å². The summed E-state index contributed by atoms with van der Waals surface area (Å²) in [5, 5.41) is 13.3. The normalized spacial score (nSPS) is 11.9. The molecule has 0 saturated carbocycles. The van der Waals surface area contributed by atoms with E-state index in [1.165, 1.54) is 49.4 Å². The summed E-state index contributed by atoms with van der Waals surface area (Å²) < 4.78 is 27.2. The predicted octanol–water partition coefficient (Wildman–Crippen LogP) is 1.82. The maximum Gasteiger partial charge on any atom is 0.328 e. The number of nitrogens with one attached hydrogen (secondary N) is 2. The van der Waals surface area contributed by atoms with E-state index in [-0.39, 0.29) is 17.0 Å². The second-order valence-corrected chi connectivity index (χ2v) is 8.62. The fraction of sp³-hybridized carbons (Fsp3) is 0.250. The van der Waals surface area contributed by atoms with Crippen LogP contribution in [0.4, 0.5) is 0 Å². The minimum Gasteiger partial charge on any atom is -0.480 e. The second kappa shape index (κ2) is 7.34. The average molecular weight is 382 g/mol. The van der Waals surface area contributed by atoms with E-state index in [9.17, 15) is 18.0 Å². The summed E-state index contributed by atoms with van der Waals surface area (Å²) in [6, 6.07) is 9.07. The number of thiophene rings is 1. The second-order valence-electron chi connectivity index (χ2n) is 5.82. The van der Waals surface area contributed by atoms with E-state index in [2.05, 4.69) is 10.0 Å². The van der Waals surface area contributed by atoms with Crippen LogP contribution < -0.4 is 10.0 Å². The summed E-state index contributed by atoms with van der Waals surface area (Å²) in [7, 11) is -3.79. The highest BCUT2D eigenvalue weighted by Crippen LogP contribution is 2.15. The Morgan fingerprint density at radius 1 is 1.20 bits per heavy atom. The van der Waals surface area contributed by atoms with Crippen LogP contribution in [0.2, 0.25) is 0 Å². The summed E-state index contributed by atoms with van der Waals surface area (Å²) in [4.78, 5) is 24.1. The fourth-order valence-electron chi connectivity index (χ4n) is 1.88. The molecule has 0 radical (unpaired) electrons. The smallest absolute Gasteiger partial charge is 0.328 e. The molecule has 7 nitrogen and oxygen atoms in total. The van der Waals surface area contributed by atoms with Crippen molar-refractivity contribution in [2.24, 2.45) is 0 Å². The molecule has 134 valence electrons. The number of aliphatic carboxylic acids is 1. The molecule has 1 aromatic heterocycles. The molecule has 1 aromatic carbocycles. The SMILES string of the molecule is CC(C)(NC(=O)c1cccc(S(=O)(=O)NCc2cccs2)c1)C(=O)O. The highest BCUT2D eigenvalue weighted by molar-refractivity contribution is 7.89. The van der Waals surface area contributed by atoms with Crippen LogP contribution in [-0.2, 0) is 21.4 Å². The zero-order valence-electron chi connectivity index (χ0n) is 13.6. The molecular weight excluding hydrogens is 364 g/mol. The van der Waals surface area contributed by atoms with Crippen LogP contribution in [0, 0.1) is 0 Å². The van der Waals surface area contributed by atoms with Crippen molar-refractivity contribution in [2.45, 2.75) is 30.8 Å². The van der Waals surface area contributed by atoms with Gasteiger partial charge in [-0.3, -0.25) is 4.79 Å². The molecule has 0 bridgehead atoms. The van der Waals surface area contributed by atoms with Gasteiger partial charge in [0.1, 0.15) is 5.54 Å². The largest absolute Gasteiger partial charge is 0.480 e. The lowest BCUT2D eigenvalue weighted by molar-refractivity contribution is -0.143. The van der Waals surface area contributed by atoms with Gasteiger partial charge in [0.2, 0.25) is 10.0 Å². The topological polar surface area (TPSA) is 113 Å². The van der Waals surface area contributed by atoms with Crippen LogP contribution in [0.1, 0.15) is 29.1 Å². The number of hydrogen-bond donors (Lipinski definition) is 3. The molecule has 0 saturated heterocycles. The fourth-order valence-corrected chi connectivity index (χ4v) is 3.66. The lowest BCUT2D eigenvalue weighted by Gasteiger charge is -2.21. The van der Waals surface area contributed by atoms with E-state index >= 15 is 0 Å². The molecule has 25 heavy (non-hydrogen) atoms. The molecule has 0 spiro atoms. The lowest BCUT2D eigenvalue weighted by atomic mass is 10.1. The number of benzene rings is 1. The van der Waals surface area contributed by atoms with E-state index in [4.69, 9.17) is 5.11 Å². The van der Waals surface area contributed by atoms with Crippen LogP contribution in [0.15, 0.2) is 46.7 Å². The number of hydrogen-bond acceptors (Lipinski definition) is 5. The van der Waals surface area contributed by atoms with Crippen LogP contribution in [0.25, 0.3) is 0 Å². The molecule has 0 aliphatic carbocycles. The molecule has 0 aliphatic rings. The number of carbonyl (C=O) groups excluding carboxylic acids is 1. The molecular formula is C16H18N2O5S2. The predicted molar refractivity (Wildman–Crippen MR) is 94.0 cm³/mol. The van der Waals surface area contributed by atoms with Crippen LogP contribution in [0.5, 0.6) is 0 Å². The molecule has 0 fully saturated rings. The molecule has 1 heterocycles. The molecule has 9 heteroatoms. The summed E-state index contributed by atoms with van der Waals surface area (Å²) in [5.74, 6) is -1.86. The quantitative estimate of drug-likeness (QED) is 0.676. The first kappa shape index (κ1) is 19.1. The Morgan fingerprint density at radius 3 is 2.52 bits per heavy atom. The Balaban J connectivity index is 2.17. The van der Waals surface area contributed by atoms with Gasteiger partial charge >= 0.3 is 5.97 Å². The van der Waals surface area contributed by atoms with Crippen LogP contribution in [0.3, 0.4) is 0 Å². The lowest BCUT2D eigenvalue weighted by Crippen LogP contribution is -2.49. The first-order valence-electron chi connectivity index (χ1n) is 7.30. The molecule has 0 aliphatic heterocycles. The van der Waals surface area contributed by atoms with Crippen molar-refractivity contribution in [2.75, 3.05) is 0 Å². The molecule has 1 amide bonds. The number of carbonyl (C=O) groups is 2. The summed E-state index contributed by atoms with van der Waals surface area (Å²) >= 11 is 1.43. The molecule has 0 unspecified atom stereocenters. The van der Waals surface area contributed by atoms with E-state index in [1.807, 2.05) is 17.5 Å². The average Bonchev–Trinajstić information content (AvgIpc) is 3.06. The Bertz CT molecular complexity index is 874. The number of carboxylic acid groups (broad SMARTS) is 1. The van der Waals surface area contributed by atoms with Gasteiger partial charge in [0.25, 0.3) is 5.91 Å². The summed E-state index contributed by atoms with van der Waals surface area (Å²) in [6.07, 6.45) is 0. The molecule has 2 rings (SSSR count). The third-order valence-electron chi connectivity index (χ3n) is 3.38. The Morgan fingerprint density at radius 2 is 1.92 bits per heavy atom. The van der Waals surface area contributed by atoms with Gasteiger partial charge in [0, 0.05) is 17.0 Å². The maximum absolute atomic E-state index is 12.4. The van der Waals surface area contributed by atoms with Gasteiger partial charge in [-0.25, -0.2) is 17.9 Å². The minimum atomic E-state index is -3.79. The zero-order valence-corrected chi connectivity index (χ0v) is 15.3. The highest BCUT2D eigenvalue weighted by atomic mass is 32.2. The van der Waals surface area contributed by atoms with Gasteiger partial charge in [-0.2, -0.15) is 0 Å². The zero-order chi connectivity index (χ0) is 18.7. The molecule has 3 N–H and O–H groups in total. The van der Waals surface area contributed by atoms with Gasteiger partial charge in [0.15, 0.2) is 0 Å². The van der Waals surface area contributed by atoms with Gasteiger partial charge in [-0.15, -0.1) is 11.3 Å². The number of sulfonamides is 1. The Hall–Kier alpha value is -2.23. The van der Waals surface area contributed by atoms with Crippen molar-refractivity contribution in [3.8, 4) is 0 Å². The van der Waals surface area contributed by atoms with E-state index in [0.29, 0.717) is 0 Å². The first-order chi connectivity index (χ1) is 11.6. The first-order valence-corrected chi connectivity index (χ1v) is 9.66. The Labute approximate surface area is 149 Å². The summed E-state index contributed by atoms with van der Waals surface area (Å²) in [6.45, 7) is 2.84. The van der Waals surface area contributed by atoms with Crippen molar-refractivity contribution in [1.29, 1.82) is 0 Å². The minimum absolute atomic E-state index is 0.0633. The number of amides is 1. The maximum atomic E-state index is 12.4. The Kier molecular flexibility index (Phi) is 5.61. The highest BCUT2D eigenvalue weighted by Gasteiger charge is 2.29. The third-order valence-corrected chi connectivity index (χ3v) is 5.66. The van der Waals surface area contributed by atoms with Crippen LogP contribution in [-0.4, -0.2) is 30.9 Å². The summed E-state index contributed by atoms with van der Waals surface area (Å²) in [5.41, 5.74) is -1.41. The van der Waals surface area contributed by atoms with Crippen molar-refractivity contribution in [1.82, 2.24) is 10.0 Å². The van der Waals surface area contributed by atoms with Crippen molar-refractivity contribution in [3.05, 3.63) is 52.2 Å². The van der Waals surface area contributed by atoms with Crippen molar-refractivity contribution >= 4 is 33.2 Å². The van der Waals surface area contributed by atoms with Gasteiger partial charge in [0.05, 0.1) is 4.90 Å². The number of carboxylic acids is 1. The standard InChI is InChI=1S/C16H18N2O5S2/c1-16(2,15(20)21)18-14(19)11-5-3-7-13(9-11)25(22,23)17-10-12-6-4-8-24-12/h3-9,17H,10H2,1-2H3,(H,18,19)(H,20,21). The molecule has 2 aromatic rings. The monoisotopic (exact) mass is 382 g/mol. The molecule has 0 atom stereocenters. The van der Waals surface area contributed by atoms with Crippen molar-refractivity contribution < 1.29 is 23.1 Å². The number of rotatable bonds is 7.